The summed E-state index contributed by atoms with van der Waals surface area (Å²) in [5.74, 6) is 1.66. The molecule has 0 aliphatic carbocycles. The average Bonchev–Trinajstić information content (AvgIpc) is 3.20. The highest BCUT2D eigenvalue weighted by Crippen LogP contribution is 2.31. The van der Waals surface area contributed by atoms with Crippen molar-refractivity contribution in [3.05, 3.63) is 35.4 Å². The third-order valence-corrected chi connectivity index (χ3v) is 6.52. The summed E-state index contributed by atoms with van der Waals surface area (Å²) < 4.78 is 5.59. The molecule has 0 aromatic heterocycles. The number of nitrogens with zero attached hydrogens (tertiary/aromatic N) is 2. The van der Waals surface area contributed by atoms with Gasteiger partial charge in [0.05, 0.1) is 6.61 Å². The van der Waals surface area contributed by atoms with E-state index in [1.54, 1.807) is 7.05 Å². The quantitative estimate of drug-likeness (QED) is 0.460. The van der Waals surface area contributed by atoms with E-state index in [0.717, 1.165) is 51.0 Å². The lowest BCUT2D eigenvalue weighted by molar-refractivity contribution is 0.127. The molecule has 29 heavy (non-hydrogen) atoms. The fourth-order valence-electron chi connectivity index (χ4n) is 4.33. The van der Waals surface area contributed by atoms with Gasteiger partial charge in [-0.3, -0.25) is 9.89 Å². The Kier molecular flexibility index (Phi) is 8.33. The molecule has 3 rings (SSSR count). The molecule has 0 saturated carbocycles. The molecule has 3 N–H and O–H groups in total. The normalized spacial score (nSPS) is 24.0. The van der Waals surface area contributed by atoms with Crippen molar-refractivity contribution in [3.8, 4) is 0 Å². The van der Waals surface area contributed by atoms with Crippen LogP contribution < -0.4 is 10.6 Å². The van der Waals surface area contributed by atoms with Crippen LogP contribution in [0.15, 0.2) is 29.3 Å². The molecule has 1 atom stereocenters. The van der Waals surface area contributed by atoms with Crippen LogP contribution in [0, 0.1) is 11.3 Å². The summed E-state index contributed by atoms with van der Waals surface area (Å²) in [6.07, 6.45) is 4.34. The molecule has 0 spiro atoms. The Morgan fingerprint density at radius 3 is 2.66 bits per heavy atom. The fraction of sp³-hybridized carbons (Fsp3) is 0.696. The number of hydrogen-bond acceptors (Lipinski definition) is 4. The lowest BCUT2D eigenvalue weighted by atomic mass is 9.84. The van der Waals surface area contributed by atoms with E-state index in [1.807, 2.05) is 0 Å². The zero-order valence-corrected chi connectivity index (χ0v) is 18.1. The van der Waals surface area contributed by atoms with Crippen molar-refractivity contribution in [1.29, 1.82) is 0 Å². The highest BCUT2D eigenvalue weighted by atomic mass is 16.5. The molecule has 2 aliphatic rings. The van der Waals surface area contributed by atoms with E-state index in [4.69, 9.17) is 4.74 Å². The maximum Gasteiger partial charge on any atom is 0.191 e. The predicted molar refractivity (Wildman–Crippen MR) is 118 cm³/mol. The highest BCUT2D eigenvalue weighted by Gasteiger charge is 2.34. The first-order valence-electron chi connectivity index (χ1n) is 11.1. The summed E-state index contributed by atoms with van der Waals surface area (Å²) >= 11 is 0. The van der Waals surface area contributed by atoms with Gasteiger partial charge in [-0.15, -0.1) is 0 Å². The van der Waals surface area contributed by atoms with Crippen molar-refractivity contribution in [2.45, 2.75) is 45.7 Å². The van der Waals surface area contributed by atoms with Gasteiger partial charge in [0, 0.05) is 45.3 Å². The minimum Gasteiger partial charge on any atom is -0.396 e. The van der Waals surface area contributed by atoms with Gasteiger partial charge in [-0.25, -0.2) is 0 Å². The Morgan fingerprint density at radius 2 is 2.00 bits per heavy atom. The molecule has 0 amide bonds. The van der Waals surface area contributed by atoms with Crippen molar-refractivity contribution in [2.75, 3.05) is 46.5 Å². The SMILES string of the molecule is CN=C(NCc1ccccc1CN1CCC(C)CC1)NCC1(CCO)CCOC1. The molecule has 2 aliphatic heterocycles. The van der Waals surface area contributed by atoms with Crippen molar-refractivity contribution in [2.24, 2.45) is 16.3 Å². The van der Waals surface area contributed by atoms with Crippen LogP contribution in [0.25, 0.3) is 0 Å². The Bertz CT molecular complexity index is 650. The zero-order chi connectivity index (χ0) is 20.5. The maximum atomic E-state index is 9.41. The number of nitrogens with one attached hydrogen (secondary N) is 2. The minimum absolute atomic E-state index is 0.00960. The molecule has 6 heteroatoms. The molecule has 6 nitrogen and oxygen atoms in total. The van der Waals surface area contributed by atoms with Crippen LogP contribution in [0.4, 0.5) is 0 Å². The smallest absolute Gasteiger partial charge is 0.191 e. The van der Waals surface area contributed by atoms with Crippen molar-refractivity contribution in [1.82, 2.24) is 15.5 Å². The topological polar surface area (TPSA) is 69.1 Å². The molecule has 1 aromatic rings. The molecule has 1 unspecified atom stereocenters. The first kappa shape index (κ1) is 22.1. The monoisotopic (exact) mass is 402 g/mol. The Labute approximate surface area is 175 Å². The van der Waals surface area contributed by atoms with Gasteiger partial charge in [0.2, 0.25) is 0 Å². The number of rotatable bonds is 8. The van der Waals surface area contributed by atoms with E-state index in [0.29, 0.717) is 6.61 Å². The van der Waals surface area contributed by atoms with Crippen molar-refractivity contribution in [3.63, 3.8) is 0 Å². The van der Waals surface area contributed by atoms with Crippen LogP contribution >= 0.6 is 0 Å². The molecular formula is C23H38N4O2. The molecule has 2 fully saturated rings. The van der Waals surface area contributed by atoms with Crippen LogP contribution in [-0.4, -0.2) is 62.5 Å². The number of aliphatic hydroxyl groups is 1. The molecule has 162 valence electrons. The van der Waals surface area contributed by atoms with Gasteiger partial charge in [-0.1, -0.05) is 31.2 Å². The largest absolute Gasteiger partial charge is 0.396 e. The molecule has 0 bridgehead atoms. The zero-order valence-electron chi connectivity index (χ0n) is 18.1. The molecule has 2 heterocycles. The molecule has 1 aromatic carbocycles. The number of likely N-dealkylation sites (tertiary alicyclic amines) is 1. The number of aliphatic imine (C=N–C) groups is 1. The standard InChI is InChI=1S/C23H38N4O2/c1-19-7-11-27(12-8-19)16-21-6-4-3-5-20(21)15-25-22(24-2)26-17-23(9-13-28)10-14-29-18-23/h3-6,19,28H,7-18H2,1-2H3,(H2,24,25,26). The van der Waals surface area contributed by atoms with Crippen molar-refractivity contribution < 1.29 is 9.84 Å². The molecular weight excluding hydrogens is 364 g/mol. The summed E-state index contributed by atoms with van der Waals surface area (Å²) in [5, 5.41) is 16.3. The van der Waals surface area contributed by atoms with E-state index in [9.17, 15) is 5.11 Å². The number of benzene rings is 1. The van der Waals surface area contributed by atoms with Crippen LogP contribution in [0.5, 0.6) is 0 Å². The maximum absolute atomic E-state index is 9.41. The van der Waals surface area contributed by atoms with Gasteiger partial charge in [0.15, 0.2) is 5.96 Å². The number of guanidine groups is 1. The summed E-state index contributed by atoms with van der Waals surface area (Å²) in [6, 6.07) is 8.70. The van der Waals surface area contributed by atoms with Gasteiger partial charge >= 0.3 is 0 Å². The Balaban J connectivity index is 1.53. The van der Waals surface area contributed by atoms with Gasteiger partial charge in [0.1, 0.15) is 0 Å². The summed E-state index contributed by atoms with van der Waals surface area (Å²) in [5.41, 5.74) is 2.73. The summed E-state index contributed by atoms with van der Waals surface area (Å²) in [6.45, 7) is 8.96. The second-order valence-electron chi connectivity index (χ2n) is 8.78. The number of piperidine rings is 1. The average molecular weight is 403 g/mol. The number of hydrogen-bond donors (Lipinski definition) is 3. The lowest BCUT2D eigenvalue weighted by Gasteiger charge is -2.31. The Hall–Kier alpha value is -1.63. The Morgan fingerprint density at radius 1 is 1.24 bits per heavy atom. The second-order valence-corrected chi connectivity index (χ2v) is 8.78. The van der Waals surface area contributed by atoms with E-state index >= 15 is 0 Å². The first-order chi connectivity index (χ1) is 14.1. The van der Waals surface area contributed by atoms with Gasteiger partial charge in [-0.2, -0.15) is 0 Å². The van der Waals surface area contributed by atoms with E-state index < -0.39 is 0 Å². The van der Waals surface area contributed by atoms with E-state index in [-0.39, 0.29) is 12.0 Å². The minimum atomic E-state index is 0.00960. The third-order valence-electron chi connectivity index (χ3n) is 6.52. The number of aliphatic hydroxyl groups excluding tert-OH is 1. The summed E-state index contributed by atoms with van der Waals surface area (Å²) in [7, 11) is 1.81. The highest BCUT2D eigenvalue weighted by molar-refractivity contribution is 5.79. The van der Waals surface area contributed by atoms with E-state index in [1.165, 1.54) is 37.1 Å². The third kappa shape index (κ3) is 6.43. The number of ether oxygens (including phenoxy) is 1. The first-order valence-corrected chi connectivity index (χ1v) is 11.1. The van der Waals surface area contributed by atoms with Crippen LogP contribution in [0.2, 0.25) is 0 Å². The predicted octanol–water partition coefficient (Wildman–Crippen LogP) is 2.37. The van der Waals surface area contributed by atoms with E-state index in [2.05, 4.69) is 51.7 Å². The van der Waals surface area contributed by atoms with Crippen LogP contribution in [-0.2, 0) is 17.8 Å². The van der Waals surface area contributed by atoms with Crippen molar-refractivity contribution >= 4 is 5.96 Å². The van der Waals surface area contributed by atoms with Gasteiger partial charge in [0.25, 0.3) is 0 Å². The van der Waals surface area contributed by atoms with Crippen LogP contribution in [0.3, 0.4) is 0 Å². The van der Waals surface area contributed by atoms with Gasteiger partial charge < -0.3 is 20.5 Å². The molecule has 0 radical (unpaired) electrons. The summed E-state index contributed by atoms with van der Waals surface area (Å²) in [4.78, 5) is 6.96. The van der Waals surface area contributed by atoms with Gasteiger partial charge in [-0.05, 0) is 55.8 Å². The van der Waals surface area contributed by atoms with Crippen LogP contribution in [0.1, 0.15) is 43.7 Å². The fourth-order valence-corrected chi connectivity index (χ4v) is 4.33. The lowest BCUT2D eigenvalue weighted by Crippen LogP contribution is -2.44. The molecule has 2 saturated heterocycles. The second kappa shape index (κ2) is 11.0.